The van der Waals surface area contributed by atoms with Crippen LogP contribution < -0.4 is 4.74 Å². The Balaban J connectivity index is 2.90. The van der Waals surface area contributed by atoms with Crippen LogP contribution in [0.3, 0.4) is 0 Å². The molecular formula is C10H8FNO3S. The molecule has 0 aliphatic heterocycles. The van der Waals surface area contributed by atoms with Gasteiger partial charge in [-0.3, -0.25) is 4.98 Å². The Labute approximate surface area is 91.9 Å². The molecule has 0 fully saturated rings. The smallest absolute Gasteiger partial charge is 0.334 e. The van der Waals surface area contributed by atoms with E-state index in [4.69, 9.17) is 4.74 Å². The predicted octanol–water partition coefficient (Wildman–Crippen LogP) is 1.90. The number of halogens is 1. The minimum atomic E-state index is -4.77. The molecule has 0 aliphatic carbocycles. The molecule has 0 bridgehead atoms. The number of aromatic nitrogens is 1. The summed E-state index contributed by atoms with van der Waals surface area (Å²) in [5, 5.41) is 0.462. The number of rotatable bonds is 2. The molecule has 0 aliphatic rings. The number of pyridine rings is 1. The van der Waals surface area contributed by atoms with Crippen LogP contribution in [-0.2, 0) is 10.2 Å². The number of hydrogen-bond acceptors (Lipinski definition) is 4. The first-order valence-electron chi connectivity index (χ1n) is 4.40. The molecule has 2 rings (SSSR count). The summed E-state index contributed by atoms with van der Waals surface area (Å²) >= 11 is 0. The van der Waals surface area contributed by atoms with E-state index in [1.165, 1.54) is 25.4 Å². The van der Waals surface area contributed by atoms with E-state index in [9.17, 15) is 12.3 Å². The Hall–Kier alpha value is -1.69. The van der Waals surface area contributed by atoms with Crippen molar-refractivity contribution < 1.29 is 17.0 Å². The van der Waals surface area contributed by atoms with Crippen molar-refractivity contribution in [3.63, 3.8) is 0 Å². The summed E-state index contributed by atoms with van der Waals surface area (Å²) in [5.41, 5.74) is 0.0735. The van der Waals surface area contributed by atoms with Crippen LogP contribution in [0.2, 0.25) is 0 Å². The third kappa shape index (κ3) is 1.71. The lowest BCUT2D eigenvalue weighted by molar-refractivity contribution is 0.419. The summed E-state index contributed by atoms with van der Waals surface area (Å²) in [5.74, 6) is 0.454. The fourth-order valence-corrected chi connectivity index (χ4v) is 2.13. The lowest BCUT2D eigenvalue weighted by atomic mass is 10.2. The van der Waals surface area contributed by atoms with E-state index in [1.54, 1.807) is 12.1 Å². The minimum absolute atomic E-state index is 0.0735. The summed E-state index contributed by atoms with van der Waals surface area (Å²) < 4.78 is 39.8. The number of nitrogens with zero attached hydrogens (tertiary/aromatic N) is 1. The molecule has 4 nitrogen and oxygen atoms in total. The van der Waals surface area contributed by atoms with E-state index in [1.807, 2.05) is 0 Å². The van der Waals surface area contributed by atoms with Crippen LogP contribution in [0.4, 0.5) is 3.89 Å². The normalized spacial score (nSPS) is 11.6. The van der Waals surface area contributed by atoms with E-state index in [2.05, 4.69) is 4.98 Å². The zero-order chi connectivity index (χ0) is 11.8. The highest BCUT2D eigenvalue weighted by atomic mass is 32.3. The second kappa shape index (κ2) is 3.71. The van der Waals surface area contributed by atoms with Gasteiger partial charge >= 0.3 is 10.2 Å². The van der Waals surface area contributed by atoms with Crippen LogP contribution in [0.25, 0.3) is 10.9 Å². The predicted molar refractivity (Wildman–Crippen MR) is 56.6 cm³/mol. The van der Waals surface area contributed by atoms with Crippen LogP contribution in [0.15, 0.2) is 35.4 Å². The number of para-hydroxylation sites is 1. The van der Waals surface area contributed by atoms with Crippen molar-refractivity contribution in [1.82, 2.24) is 4.98 Å². The van der Waals surface area contributed by atoms with Crippen LogP contribution in [0.1, 0.15) is 0 Å². The number of fused-ring (bicyclic) bond motifs is 1. The van der Waals surface area contributed by atoms with Gasteiger partial charge in [-0.1, -0.05) is 6.07 Å². The van der Waals surface area contributed by atoms with Gasteiger partial charge in [0.05, 0.1) is 12.6 Å². The van der Waals surface area contributed by atoms with Gasteiger partial charge in [-0.25, -0.2) is 0 Å². The van der Waals surface area contributed by atoms with Gasteiger partial charge in [0, 0.05) is 11.6 Å². The van der Waals surface area contributed by atoms with Crippen molar-refractivity contribution >= 4 is 21.1 Å². The Morgan fingerprint density at radius 1 is 1.31 bits per heavy atom. The standard InChI is InChI=1S/C10H8FNO3S/c1-15-8-5-6-12-10-7(8)3-2-4-9(10)16(11,13)14/h2-6H,1H3. The summed E-state index contributed by atoms with van der Waals surface area (Å²) in [6.07, 6.45) is 1.37. The lowest BCUT2D eigenvalue weighted by Crippen LogP contribution is -1.96. The molecule has 0 unspecified atom stereocenters. The van der Waals surface area contributed by atoms with Crippen molar-refractivity contribution in [2.75, 3.05) is 7.11 Å². The zero-order valence-corrected chi connectivity index (χ0v) is 9.16. The molecule has 0 atom stereocenters. The highest BCUT2D eigenvalue weighted by Gasteiger charge is 2.17. The van der Waals surface area contributed by atoms with Crippen molar-refractivity contribution in [1.29, 1.82) is 0 Å². The SMILES string of the molecule is COc1ccnc2c(S(=O)(=O)F)cccc12. The Morgan fingerprint density at radius 2 is 2.06 bits per heavy atom. The monoisotopic (exact) mass is 241 g/mol. The minimum Gasteiger partial charge on any atom is -0.496 e. The summed E-state index contributed by atoms with van der Waals surface area (Å²) in [6, 6.07) is 5.82. The Bertz CT molecular complexity index is 640. The first-order chi connectivity index (χ1) is 7.54. The highest BCUT2D eigenvalue weighted by molar-refractivity contribution is 7.86. The molecule has 0 saturated carbocycles. The fraction of sp³-hybridized carbons (Fsp3) is 0.100. The zero-order valence-electron chi connectivity index (χ0n) is 8.34. The maximum Gasteiger partial charge on any atom is 0.334 e. The van der Waals surface area contributed by atoms with Crippen molar-refractivity contribution in [3.8, 4) is 5.75 Å². The van der Waals surface area contributed by atoms with Crippen molar-refractivity contribution in [3.05, 3.63) is 30.5 Å². The number of methoxy groups -OCH3 is 1. The van der Waals surface area contributed by atoms with E-state index in [-0.39, 0.29) is 5.52 Å². The van der Waals surface area contributed by atoms with Crippen molar-refractivity contribution in [2.45, 2.75) is 4.90 Å². The maximum atomic E-state index is 13.0. The number of hydrogen-bond donors (Lipinski definition) is 0. The summed E-state index contributed by atoms with van der Waals surface area (Å²) in [7, 11) is -3.32. The molecule has 84 valence electrons. The van der Waals surface area contributed by atoms with Crippen LogP contribution in [-0.4, -0.2) is 20.5 Å². The third-order valence-corrected chi connectivity index (χ3v) is 3.03. The van der Waals surface area contributed by atoms with Crippen molar-refractivity contribution in [2.24, 2.45) is 0 Å². The number of benzene rings is 1. The third-order valence-electron chi connectivity index (χ3n) is 2.18. The second-order valence-electron chi connectivity index (χ2n) is 3.10. The molecule has 16 heavy (non-hydrogen) atoms. The van der Waals surface area contributed by atoms with Crippen LogP contribution in [0.5, 0.6) is 5.75 Å². The lowest BCUT2D eigenvalue weighted by Gasteiger charge is -2.05. The molecule has 6 heteroatoms. The van der Waals surface area contributed by atoms with Gasteiger partial charge in [-0.05, 0) is 18.2 Å². The molecular weight excluding hydrogens is 233 g/mol. The highest BCUT2D eigenvalue weighted by Crippen LogP contribution is 2.28. The van der Waals surface area contributed by atoms with Gasteiger partial charge in [0.25, 0.3) is 0 Å². The van der Waals surface area contributed by atoms with Gasteiger partial charge in [0.1, 0.15) is 10.6 Å². The van der Waals surface area contributed by atoms with Gasteiger partial charge in [-0.15, -0.1) is 3.89 Å². The van der Waals surface area contributed by atoms with Crippen LogP contribution in [0, 0.1) is 0 Å². The molecule has 1 aromatic carbocycles. The van der Waals surface area contributed by atoms with Crippen LogP contribution >= 0.6 is 0 Å². The summed E-state index contributed by atoms with van der Waals surface area (Å²) in [6.45, 7) is 0. The quantitative estimate of drug-likeness (QED) is 0.753. The van der Waals surface area contributed by atoms with E-state index < -0.39 is 15.1 Å². The molecule has 0 saturated heterocycles. The Morgan fingerprint density at radius 3 is 2.69 bits per heavy atom. The molecule has 0 amide bonds. The number of ether oxygens (including phenoxy) is 1. The van der Waals surface area contributed by atoms with E-state index in [0.29, 0.717) is 11.1 Å². The fourth-order valence-electron chi connectivity index (χ4n) is 1.50. The molecule has 1 aromatic heterocycles. The molecule has 0 N–H and O–H groups in total. The molecule has 2 aromatic rings. The first-order valence-corrected chi connectivity index (χ1v) is 5.79. The van der Waals surface area contributed by atoms with Gasteiger partial charge in [0.15, 0.2) is 0 Å². The average molecular weight is 241 g/mol. The maximum absolute atomic E-state index is 13.0. The topological polar surface area (TPSA) is 56.3 Å². The Kier molecular flexibility index (Phi) is 2.51. The van der Waals surface area contributed by atoms with E-state index in [0.717, 1.165) is 0 Å². The second-order valence-corrected chi connectivity index (χ2v) is 4.42. The first kappa shape index (κ1) is 10.8. The van der Waals surface area contributed by atoms with Gasteiger partial charge in [0.2, 0.25) is 0 Å². The molecule has 0 spiro atoms. The largest absolute Gasteiger partial charge is 0.496 e. The summed E-state index contributed by atoms with van der Waals surface area (Å²) in [4.78, 5) is 3.42. The average Bonchev–Trinajstić information content (AvgIpc) is 2.26. The van der Waals surface area contributed by atoms with Gasteiger partial charge in [-0.2, -0.15) is 8.42 Å². The van der Waals surface area contributed by atoms with Gasteiger partial charge < -0.3 is 4.74 Å². The van der Waals surface area contributed by atoms with E-state index >= 15 is 0 Å². The molecule has 1 heterocycles. The molecule has 0 radical (unpaired) electrons.